The SMILES string of the molecule is CC[C@H](C)NC(=O)[C@@H]1CSCN1S(=O)(=O)C1CC1. The van der Waals surface area contributed by atoms with E-state index in [9.17, 15) is 13.2 Å². The zero-order valence-corrected chi connectivity index (χ0v) is 12.4. The minimum absolute atomic E-state index is 0.0913. The molecule has 0 aromatic rings. The Labute approximate surface area is 113 Å². The van der Waals surface area contributed by atoms with E-state index < -0.39 is 16.1 Å². The molecule has 1 amide bonds. The van der Waals surface area contributed by atoms with E-state index in [0.29, 0.717) is 11.6 Å². The Bertz CT molecular complexity index is 420. The van der Waals surface area contributed by atoms with Gasteiger partial charge in [-0.2, -0.15) is 4.31 Å². The first-order valence-electron chi connectivity index (χ1n) is 6.35. The van der Waals surface area contributed by atoms with Crippen LogP contribution in [0, 0.1) is 0 Å². The van der Waals surface area contributed by atoms with Crippen molar-refractivity contribution >= 4 is 27.7 Å². The highest BCUT2D eigenvalue weighted by Crippen LogP contribution is 2.35. The number of hydrogen-bond donors (Lipinski definition) is 1. The molecule has 1 saturated heterocycles. The van der Waals surface area contributed by atoms with E-state index in [4.69, 9.17) is 0 Å². The van der Waals surface area contributed by atoms with E-state index in [1.807, 2.05) is 13.8 Å². The second-order valence-electron chi connectivity index (χ2n) is 4.96. The Kier molecular flexibility index (Phi) is 4.23. The molecule has 0 aromatic heterocycles. The van der Waals surface area contributed by atoms with Crippen LogP contribution in [-0.2, 0) is 14.8 Å². The summed E-state index contributed by atoms with van der Waals surface area (Å²) in [5, 5.41) is 2.63. The average molecular weight is 292 g/mol. The molecule has 1 aliphatic heterocycles. The highest BCUT2D eigenvalue weighted by Gasteiger charge is 2.46. The van der Waals surface area contributed by atoms with Crippen LogP contribution in [0.25, 0.3) is 0 Å². The lowest BCUT2D eigenvalue weighted by Gasteiger charge is -2.23. The molecule has 1 aliphatic carbocycles. The lowest BCUT2D eigenvalue weighted by Crippen LogP contribution is -2.50. The summed E-state index contributed by atoms with van der Waals surface area (Å²) < 4.78 is 25.8. The standard InChI is InChI=1S/C11H20N2O3S2/c1-3-8(2)12-11(14)10-6-17-7-13(10)18(15,16)9-4-5-9/h8-10H,3-7H2,1-2H3,(H,12,14)/t8-,10-/m0/s1. The van der Waals surface area contributed by atoms with Crippen molar-refractivity contribution < 1.29 is 13.2 Å². The number of sulfonamides is 1. The molecule has 0 aromatic carbocycles. The Hall–Kier alpha value is -0.270. The van der Waals surface area contributed by atoms with Crippen LogP contribution in [-0.4, -0.2) is 47.6 Å². The van der Waals surface area contributed by atoms with Crippen LogP contribution in [0.2, 0.25) is 0 Å². The Morgan fingerprint density at radius 1 is 1.50 bits per heavy atom. The van der Waals surface area contributed by atoms with Gasteiger partial charge in [-0.1, -0.05) is 6.92 Å². The molecule has 2 atom stereocenters. The molecule has 2 aliphatic rings. The molecule has 1 N–H and O–H groups in total. The van der Waals surface area contributed by atoms with E-state index in [1.165, 1.54) is 16.1 Å². The maximum absolute atomic E-state index is 12.2. The highest BCUT2D eigenvalue weighted by molar-refractivity contribution is 8.00. The number of nitrogens with one attached hydrogen (secondary N) is 1. The van der Waals surface area contributed by atoms with Crippen LogP contribution in [0.4, 0.5) is 0 Å². The van der Waals surface area contributed by atoms with Crippen molar-refractivity contribution in [2.45, 2.75) is 50.4 Å². The number of carbonyl (C=O) groups excluding carboxylic acids is 1. The topological polar surface area (TPSA) is 66.5 Å². The first-order valence-corrected chi connectivity index (χ1v) is 9.01. The summed E-state index contributed by atoms with van der Waals surface area (Å²) in [5.41, 5.74) is 0. The van der Waals surface area contributed by atoms with Crippen LogP contribution in [0.3, 0.4) is 0 Å². The maximum atomic E-state index is 12.2. The van der Waals surface area contributed by atoms with Crippen molar-refractivity contribution in [3.8, 4) is 0 Å². The van der Waals surface area contributed by atoms with E-state index >= 15 is 0 Å². The molecule has 0 bridgehead atoms. The maximum Gasteiger partial charge on any atom is 0.239 e. The van der Waals surface area contributed by atoms with Crippen LogP contribution >= 0.6 is 11.8 Å². The summed E-state index contributed by atoms with van der Waals surface area (Å²) >= 11 is 1.51. The highest BCUT2D eigenvalue weighted by atomic mass is 32.2. The number of nitrogens with zero attached hydrogens (tertiary/aromatic N) is 1. The van der Waals surface area contributed by atoms with Gasteiger partial charge in [0.1, 0.15) is 6.04 Å². The van der Waals surface area contributed by atoms with Gasteiger partial charge >= 0.3 is 0 Å². The molecule has 18 heavy (non-hydrogen) atoms. The average Bonchev–Trinajstić information content (AvgIpc) is 3.06. The van der Waals surface area contributed by atoms with Crippen LogP contribution in [0.5, 0.6) is 0 Å². The fourth-order valence-electron chi connectivity index (χ4n) is 1.88. The van der Waals surface area contributed by atoms with Crippen LogP contribution in [0.15, 0.2) is 0 Å². The molecular formula is C11H20N2O3S2. The molecule has 1 saturated carbocycles. The first-order chi connectivity index (χ1) is 8.46. The zero-order chi connectivity index (χ0) is 13.3. The number of rotatable bonds is 5. The smallest absolute Gasteiger partial charge is 0.239 e. The summed E-state index contributed by atoms with van der Waals surface area (Å²) in [4.78, 5) is 12.1. The third-order valence-corrected chi connectivity index (χ3v) is 6.94. The molecule has 0 spiro atoms. The van der Waals surface area contributed by atoms with E-state index in [-0.39, 0.29) is 17.2 Å². The van der Waals surface area contributed by atoms with Crippen molar-refractivity contribution in [2.75, 3.05) is 11.6 Å². The minimum atomic E-state index is -3.25. The van der Waals surface area contributed by atoms with Crippen molar-refractivity contribution in [1.29, 1.82) is 0 Å². The van der Waals surface area contributed by atoms with Crippen molar-refractivity contribution in [2.24, 2.45) is 0 Å². The Balaban J connectivity index is 2.05. The largest absolute Gasteiger partial charge is 0.352 e. The molecule has 5 nitrogen and oxygen atoms in total. The summed E-state index contributed by atoms with van der Waals surface area (Å²) in [7, 11) is -3.25. The van der Waals surface area contributed by atoms with Gasteiger partial charge < -0.3 is 5.32 Å². The number of hydrogen-bond acceptors (Lipinski definition) is 4. The van der Waals surface area contributed by atoms with Gasteiger partial charge in [0, 0.05) is 11.8 Å². The number of thioether (sulfide) groups is 1. The number of amides is 1. The molecule has 2 fully saturated rings. The fraction of sp³-hybridized carbons (Fsp3) is 0.909. The van der Waals surface area contributed by atoms with Gasteiger partial charge in [-0.25, -0.2) is 8.42 Å². The predicted molar refractivity (Wildman–Crippen MR) is 72.8 cm³/mol. The molecule has 0 unspecified atom stereocenters. The monoisotopic (exact) mass is 292 g/mol. The molecular weight excluding hydrogens is 272 g/mol. The van der Waals surface area contributed by atoms with Gasteiger partial charge in [-0.3, -0.25) is 4.79 Å². The Morgan fingerprint density at radius 3 is 2.72 bits per heavy atom. The third-order valence-electron chi connectivity index (χ3n) is 3.42. The van der Waals surface area contributed by atoms with Gasteiger partial charge in [0.25, 0.3) is 0 Å². The molecule has 1 heterocycles. The fourth-order valence-corrected chi connectivity index (χ4v) is 5.45. The normalized spacial score (nSPS) is 27.1. The second kappa shape index (κ2) is 5.38. The van der Waals surface area contributed by atoms with E-state index in [2.05, 4.69) is 5.32 Å². The van der Waals surface area contributed by atoms with Gasteiger partial charge in [0.15, 0.2) is 0 Å². The van der Waals surface area contributed by atoms with Gasteiger partial charge in [-0.05, 0) is 26.2 Å². The summed E-state index contributed by atoms with van der Waals surface area (Å²) in [5.74, 6) is 0.824. The summed E-state index contributed by atoms with van der Waals surface area (Å²) in [6.45, 7) is 3.92. The predicted octanol–water partition coefficient (Wildman–Crippen LogP) is 0.768. The lowest BCUT2D eigenvalue weighted by molar-refractivity contribution is -0.124. The van der Waals surface area contributed by atoms with Gasteiger partial charge in [0.05, 0.1) is 11.1 Å². The second-order valence-corrected chi connectivity index (χ2v) is 8.13. The minimum Gasteiger partial charge on any atom is -0.352 e. The molecule has 0 radical (unpaired) electrons. The Morgan fingerprint density at radius 2 is 2.17 bits per heavy atom. The third kappa shape index (κ3) is 2.83. The van der Waals surface area contributed by atoms with Gasteiger partial charge in [0.2, 0.25) is 15.9 Å². The lowest BCUT2D eigenvalue weighted by atomic mass is 10.2. The van der Waals surface area contributed by atoms with Gasteiger partial charge in [-0.15, -0.1) is 11.8 Å². The van der Waals surface area contributed by atoms with Crippen molar-refractivity contribution in [3.05, 3.63) is 0 Å². The summed E-state index contributed by atoms with van der Waals surface area (Å²) in [6, 6.07) is -0.428. The van der Waals surface area contributed by atoms with E-state index in [1.54, 1.807) is 0 Å². The molecule has 104 valence electrons. The van der Waals surface area contributed by atoms with E-state index in [0.717, 1.165) is 19.3 Å². The van der Waals surface area contributed by atoms with Crippen LogP contribution in [0.1, 0.15) is 33.1 Å². The first kappa shape index (κ1) is 14.1. The van der Waals surface area contributed by atoms with Crippen LogP contribution < -0.4 is 5.32 Å². The van der Waals surface area contributed by atoms with Crippen molar-refractivity contribution in [3.63, 3.8) is 0 Å². The molecule has 7 heteroatoms. The summed E-state index contributed by atoms with van der Waals surface area (Å²) in [6.07, 6.45) is 2.33. The quantitative estimate of drug-likeness (QED) is 0.813. The van der Waals surface area contributed by atoms with Crippen molar-refractivity contribution in [1.82, 2.24) is 9.62 Å². The number of carbonyl (C=O) groups is 1. The molecule has 2 rings (SSSR count). The zero-order valence-electron chi connectivity index (χ0n) is 10.8.